The number of aromatic nitrogens is 1. The summed E-state index contributed by atoms with van der Waals surface area (Å²) in [5, 5.41) is 6.06. The highest BCUT2D eigenvalue weighted by Gasteiger charge is 2.02. The number of hydrogen-bond donors (Lipinski definition) is 2. The van der Waals surface area contributed by atoms with Gasteiger partial charge in [0.1, 0.15) is 5.82 Å². The van der Waals surface area contributed by atoms with Crippen molar-refractivity contribution in [2.24, 2.45) is 0 Å². The fourth-order valence-electron chi connectivity index (χ4n) is 1.96. The molecule has 1 heterocycles. The Morgan fingerprint density at radius 1 is 1.05 bits per heavy atom. The first-order valence-corrected chi connectivity index (χ1v) is 7.33. The number of pyridine rings is 1. The van der Waals surface area contributed by atoms with E-state index in [1.807, 2.05) is 31.2 Å². The van der Waals surface area contributed by atoms with Gasteiger partial charge in [0.05, 0.1) is 11.9 Å². The second-order valence-corrected chi connectivity index (χ2v) is 4.91. The molecule has 2 aromatic rings. The number of carbonyl (C=O) groups excluding carboxylic acids is 1. The van der Waals surface area contributed by atoms with Crippen LogP contribution in [0.4, 0.5) is 17.2 Å². The molecule has 0 fully saturated rings. The van der Waals surface area contributed by atoms with Gasteiger partial charge >= 0.3 is 0 Å². The zero-order valence-electron chi connectivity index (χ0n) is 12.5. The monoisotopic (exact) mass is 283 g/mol. The first-order valence-electron chi connectivity index (χ1n) is 7.33. The molecule has 0 unspecified atom stereocenters. The average molecular weight is 283 g/mol. The molecule has 21 heavy (non-hydrogen) atoms. The highest BCUT2D eigenvalue weighted by Crippen LogP contribution is 2.17. The summed E-state index contributed by atoms with van der Waals surface area (Å²) >= 11 is 0. The maximum Gasteiger partial charge on any atom is 0.224 e. The van der Waals surface area contributed by atoms with E-state index in [0.29, 0.717) is 6.42 Å². The van der Waals surface area contributed by atoms with Gasteiger partial charge in [0.15, 0.2) is 0 Å². The largest absolute Gasteiger partial charge is 0.340 e. The summed E-state index contributed by atoms with van der Waals surface area (Å²) < 4.78 is 0. The maximum absolute atomic E-state index is 11.5. The molecule has 0 atom stereocenters. The van der Waals surface area contributed by atoms with Crippen molar-refractivity contribution in [1.29, 1.82) is 0 Å². The minimum atomic E-state index is 0.0233. The van der Waals surface area contributed by atoms with E-state index in [1.54, 1.807) is 6.20 Å². The Kier molecular flexibility index (Phi) is 5.32. The van der Waals surface area contributed by atoms with Crippen LogP contribution in [0.2, 0.25) is 0 Å². The summed E-state index contributed by atoms with van der Waals surface area (Å²) in [5.41, 5.74) is 3.03. The molecule has 2 rings (SSSR count). The summed E-state index contributed by atoms with van der Waals surface area (Å²) in [7, 11) is 0. The van der Waals surface area contributed by atoms with Crippen molar-refractivity contribution < 1.29 is 4.79 Å². The van der Waals surface area contributed by atoms with Crippen LogP contribution in [0, 0.1) is 0 Å². The van der Waals surface area contributed by atoms with Crippen molar-refractivity contribution in [3.8, 4) is 0 Å². The van der Waals surface area contributed by atoms with Crippen molar-refractivity contribution in [1.82, 2.24) is 4.98 Å². The molecule has 0 spiro atoms. The Bertz CT molecular complexity index is 576. The Balaban J connectivity index is 1.96. The number of nitrogens with one attached hydrogen (secondary N) is 2. The van der Waals surface area contributed by atoms with Crippen molar-refractivity contribution in [3.05, 3.63) is 48.2 Å². The first kappa shape index (κ1) is 15.0. The molecule has 1 amide bonds. The number of carbonyl (C=O) groups is 1. The molecular weight excluding hydrogens is 262 g/mol. The second-order valence-electron chi connectivity index (χ2n) is 4.91. The van der Waals surface area contributed by atoms with Gasteiger partial charge in [-0.1, -0.05) is 26.0 Å². The standard InChI is InChI=1S/C17H21N3O/c1-3-5-17(21)20-15-10-11-16(18-12-15)19-14-8-6-13(4-2)7-9-14/h6-12H,3-5H2,1-2H3,(H,18,19)(H,20,21). The number of anilines is 3. The SMILES string of the molecule is CCCC(=O)Nc1ccc(Nc2ccc(CC)cc2)nc1. The van der Waals surface area contributed by atoms with Gasteiger partial charge in [-0.2, -0.15) is 0 Å². The van der Waals surface area contributed by atoms with Crippen LogP contribution in [0.3, 0.4) is 0 Å². The molecule has 0 aliphatic heterocycles. The first-order chi connectivity index (χ1) is 10.2. The van der Waals surface area contributed by atoms with E-state index in [9.17, 15) is 4.79 Å². The lowest BCUT2D eigenvalue weighted by Crippen LogP contribution is -2.10. The summed E-state index contributed by atoms with van der Waals surface area (Å²) in [6, 6.07) is 12.0. The molecule has 0 aliphatic carbocycles. The molecular formula is C17H21N3O. The van der Waals surface area contributed by atoms with Gasteiger partial charge in [-0.15, -0.1) is 0 Å². The topological polar surface area (TPSA) is 54.0 Å². The maximum atomic E-state index is 11.5. The Labute approximate surface area is 125 Å². The van der Waals surface area contributed by atoms with Gasteiger partial charge in [0.25, 0.3) is 0 Å². The number of nitrogens with zero attached hydrogens (tertiary/aromatic N) is 1. The van der Waals surface area contributed by atoms with E-state index >= 15 is 0 Å². The summed E-state index contributed by atoms with van der Waals surface area (Å²) in [6.07, 6.45) is 4.07. The van der Waals surface area contributed by atoms with Crippen LogP contribution in [0.25, 0.3) is 0 Å². The van der Waals surface area contributed by atoms with Crippen LogP contribution < -0.4 is 10.6 Å². The second kappa shape index (κ2) is 7.43. The van der Waals surface area contributed by atoms with Crippen molar-refractivity contribution in [2.45, 2.75) is 33.1 Å². The molecule has 0 saturated heterocycles. The molecule has 0 aliphatic rings. The van der Waals surface area contributed by atoms with Crippen LogP contribution in [0.15, 0.2) is 42.6 Å². The quantitative estimate of drug-likeness (QED) is 0.838. The number of aryl methyl sites for hydroxylation is 1. The minimum Gasteiger partial charge on any atom is -0.340 e. The molecule has 1 aromatic heterocycles. The van der Waals surface area contributed by atoms with Crippen molar-refractivity contribution >= 4 is 23.1 Å². The molecule has 4 heteroatoms. The van der Waals surface area contributed by atoms with E-state index in [1.165, 1.54) is 5.56 Å². The van der Waals surface area contributed by atoms with E-state index in [0.717, 1.165) is 30.0 Å². The van der Waals surface area contributed by atoms with Crippen LogP contribution in [-0.4, -0.2) is 10.9 Å². The third kappa shape index (κ3) is 4.60. The summed E-state index contributed by atoms with van der Waals surface area (Å²) in [4.78, 5) is 15.8. The molecule has 0 bridgehead atoms. The van der Waals surface area contributed by atoms with E-state index in [-0.39, 0.29) is 5.91 Å². The third-order valence-electron chi connectivity index (χ3n) is 3.16. The summed E-state index contributed by atoms with van der Waals surface area (Å²) in [6.45, 7) is 4.12. The third-order valence-corrected chi connectivity index (χ3v) is 3.16. The van der Waals surface area contributed by atoms with Gasteiger partial charge in [0.2, 0.25) is 5.91 Å². The predicted molar refractivity (Wildman–Crippen MR) is 86.9 cm³/mol. The van der Waals surface area contributed by atoms with Gasteiger partial charge in [-0.25, -0.2) is 4.98 Å². The highest BCUT2D eigenvalue weighted by atomic mass is 16.1. The predicted octanol–water partition coefficient (Wildman–Crippen LogP) is 4.13. The number of benzene rings is 1. The van der Waals surface area contributed by atoms with E-state index < -0.39 is 0 Å². The normalized spacial score (nSPS) is 10.2. The lowest BCUT2D eigenvalue weighted by atomic mass is 10.1. The van der Waals surface area contributed by atoms with Crippen molar-refractivity contribution in [3.63, 3.8) is 0 Å². The van der Waals surface area contributed by atoms with E-state index in [4.69, 9.17) is 0 Å². The average Bonchev–Trinajstić information content (AvgIpc) is 2.50. The fourth-order valence-corrected chi connectivity index (χ4v) is 1.96. The van der Waals surface area contributed by atoms with Crippen LogP contribution in [0.5, 0.6) is 0 Å². The lowest BCUT2D eigenvalue weighted by Gasteiger charge is -2.08. The zero-order valence-corrected chi connectivity index (χ0v) is 12.5. The molecule has 2 N–H and O–H groups in total. The number of amides is 1. The lowest BCUT2D eigenvalue weighted by molar-refractivity contribution is -0.116. The van der Waals surface area contributed by atoms with Crippen LogP contribution in [0.1, 0.15) is 32.3 Å². The Morgan fingerprint density at radius 2 is 1.76 bits per heavy atom. The van der Waals surface area contributed by atoms with Gasteiger partial charge < -0.3 is 10.6 Å². The molecule has 4 nitrogen and oxygen atoms in total. The summed E-state index contributed by atoms with van der Waals surface area (Å²) in [5.74, 6) is 0.780. The number of rotatable bonds is 6. The van der Waals surface area contributed by atoms with Gasteiger partial charge in [-0.05, 0) is 42.7 Å². The fraction of sp³-hybridized carbons (Fsp3) is 0.294. The van der Waals surface area contributed by atoms with Crippen LogP contribution in [-0.2, 0) is 11.2 Å². The molecule has 110 valence electrons. The molecule has 1 aromatic carbocycles. The zero-order chi connectivity index (χ0) is 15.1. The molecule has 0 saturated carbocycles. The highest BCUT2D eigenvalue weighted by molar-refractivity contribution is 5.90. The smallest absolute Gasteiger partial charge is 0.224 e. The number of hydrogen-bond acceptors (Lipinski definition) is 3. The van der Waals surface area contributed by atoms with Gasteiger partial charge in [0, 0.05) is 12.1 Å². The Morgan fingerprint density at radius 3 is 2.33 bits per heavy atom. The van der Waals surface area contributed by atoms with E-state index in [2.05, 4.69) is 34.7 Å². The van der Waals surface area contributed by atoms with Crippen LogP contribution >= 0.6 is 0 Å². The molecule has 0 radical (unpaired) electrons. The van der Waals surface area contributed by atoms with Crippen molar-refractivity contribution in [2.75, 3.05) is 10.6 Å². The minimum absolute atomic E-state index is 0.0233. The Hall–Kier alpha value is -2.36. The van der Waals surface area contributed by atoms with Gasteiger partial charge in [-0.3, -0.25) is 4.79 Å².